The second kappa shape index (κ2) is 11.2. The molecule has 1 aromatic heterocycles. The summed E-state index contributed by atoms with van der Waals surface area (Å²) >= 11 is 0. The van der Waals surface area contributed by atoms with Gasteiger partial charge < -0.3 is 20.4 Å². The lowest BCUT2D eigenvalue weighted by Gasteiger charge is -2.34. The zero-order valence-corrected chi connectivity index (χ0v) is 18.5. The minimum Gasteiger partial charge on any atom is -0.363 e. The van der Waals surface area contributed by atoms with Crippen LogP contribution in [0.15, 0.2) is 23.2 Å². The molecule has 1 aliphatic rings. The van der Waals surface area contributed by atoms with Gasteiger partial charge in [-0.2, -0.15) is 0 Å². The first-order valence-corrected chi connectivity index (χ1v) is 8.83. The molecule has 0 aliphatic carbocycles. The lowest BCUT2D eigenvalue weighted by molar-refractivity contribution is -0.121. The summed E-state index contributed by atoms with van der Waals surface area (Å²) in [5, 5.41) is 6.11. The Bertz CT molecular complexity index is 599. The predicted octanol–water partition coefficient (Wildman–Crippen LogP) is 1.69. The number of carbonyl (C=O) groups is 1. The zero-order valence-electron chi connectivity index (χ0n) is 16.2. The Kier molecular flexibility index (Phi) is 9.68. The summed E-state index contributed by atoms with van der Waals surface area (Å²) in [4.78, 5) is 24.8. The molecule has 2 heterocycles. The minimum atomic E-state index is 0. The smallest absolute Gasteiger partial charge is 0.220 e. The second-order valence-corrected chi connectivity index (χ2v) is 6.59. The number of hydrogen-bond donors (Lipinski definition) is 2. The normalized spacial score (nSPS) is 15.2. The summed E-state index contributed by atoms with van der Waals surface area (Å²) in [6.07, 6.45) is 2.66. The highest BCUT2D eigenvalue weighted by Gasteiger charge is 2.23. The molecule has 26 heavy (non-hydrogen) atoms. The molecule has 1 aliphatic heterocycles. The van der Waals surface area contributed by atoms with Crippen molar-refractivity contribution in [1.82, 2.24) is 20.5 Å². The fraction of sp³-hybridized carbons (Fsp3) is 0.611. The number of amides is 1. The van der Waals surface area contributed by atoms with E-state index in [1.807, 2.05) is 44.2 Å². The molecule has 0 saturated carbocycles. The number of nitrogens with zero attached hydrogens (tertiary/aromatic N) is 4. The first kappa shape index (κ1) is 22.5. The Hall–Kier alpha value is -1.58. The van der Waals surface area contributed by atoms with Gasteiger partial charge in [-0.3, -0.25) is 9.79 Å². The molecule has 0 bridgehead atoms. The van der Waals surface area contributed by atoms with E-state index in [0.717, 1.165) is 43.4 Å². The van der Waals surface area contributed by atoms with Crippen molar-refractivity contribution in [2.75, 3.05) is 46.2 Å². The van der Waals surface area contributed by atoms with Crippen LogP contribution in [-0.4, -0.2) is 63.0 Å². The van der Waals surface area contributed by atoms with Gasteiger partial charge in [0, 0.05) is 47.7 Å². The number of anilines is 1. The van der Waals surface area contributed by atoms with Gasteiger partial charge in [-0.25, -0.2) is 4.98 Å². The van der Waals surface area contributed by atoms with Crippen LogP contribution < -0.4 is 15.5 Å². The third kappa shape index (κ3) is 6.62. The SMILES string of the molecule is CN=C(NCc1cccc(N(C)C)n1)N1CCC(CC(=O)NC)CC1.I. The summed E-state index contributed by atoms with van der Waals surface area (Å²) in [7, 11) is 7.48. The van der Waals surface area contributed by atoms with E-state index in [4.69, 9.17) is 0 Å². The van der Waals surface area contributed by atoms with E-state index in [1.54, 1.807) is 7.05 Å². The standard InChI is InChI=1S/C18H30N6O.HI/c1-19-17(25)12-14-8-10-24(11-9-14)18(20-2)21-13-15-6-5-7-16(22-15)23(3)4;/h5-7,14H,8-13H2,1-4H3,(H,19,25)(H,20,21);1H. The number of aromatic nitrogens is 1. The zero-order chi connectivity index (χ0) is 18.2. The van der Waals surface area contributed by atoms with Crippen molar-refractivity contribution in [1.29, 1.82) is 0 Å². The molecule has 1 aromatic rings. The summed E-state index contributed by atoms with van der Waals surface area (Å²) in [5.41, 5.74) is 0.988. The number of likely N-dealkylation sites (tertiary alicyclic amines) is 1. The number of guanidine groups is 1. The summed E-state index contributed by atoms with van der Waals surface area (Å²) in [6, 6.07) is 6.03. The molecular weight excluding hydrogens is 443 g/mol. The van der Waals surface area contributed by atoms with E-state index in [1.165, 1.54) is 0 Å². The van der Waals surface area contributed by atoms with Crippen molar-refractivity contribution in [2.24, 2.45) is 10.9 Å². The van der Waals surface area contributed by atoms with Crippen molar-refractivity contribution < 1.29 is 4.79 Å². The lowest BCUT2D eigenvalue weighted by atomic mass is 9.93. The summed E-state index contributed by atoms with van der Waals surface area (Å²) in [6.45, 7) is 2.49. The molecule has 1 fully saturated rings. The van der Waals surface area contributed by atoms with E-state index < -0.39 is 0 Å². The van der Waals surface area contributed by atoms with Gasteiger partial charge in [-0.15, -0.1) is 24.0 Å². The van der Waals surface area contributed by atoms with Crippen LogP contribution >= 0.6 is 24.0 Å². The van der Waals surface area contributed by atoms with E-state index in [9.17, 15) is 4.79 Å². The van der Waals surface area contributed by atoms with Crippen molar-refractivity contribution >= 4 is 41.7 Å². The minimum absolute atomic E-state index is 0. The average Bonchev–Trinajstić information content (AvgIpc) is 2.63. The van der Waals surface area contributed by atoms with Crippen LogP contribution in [0.4, 0.5) is 5.82 Å². The van der Waals surface area contributed by atoms with Gasteiger partial charge >= 0.3 is 0 Å². The Morgan fingerprint density at radius 3 is 2.62 bits per heavy atom. The van der Waals surface area contributed by atoms with Gasteiger partial charge in [-0.1, -0.05) is 6.07 Å². The summed E-state index contributed by atoms with van der Waals surface area (Å²) in [5.74, 6) is 2.44. The molecule has 2 N–H and O–H groups in total. The lowest BCUT2D eigenvalue weighted by Crippen LogP contribution is -2.45. The molecule has 1 amide bonds. The Balaban J connectivity index is 0.00000338. The molecule has 2 rings (SSSR count). The molecule has 0 spiro atoms. The number of aliphatic imine (C=N–C) groups is 1. The third-order valence-corrected chi connectivity index (χ3v) is 4.56. The number of halogens is 1. The van der Waals surface area contributed by atoms with Crippen molar-refractivity contribution in [3.8, 4) is 0 Å². The first-order valence-electron chi connectivity index (χ1n) is 8.83. The Labute approximate surface area is 173 Å². The molecule has 0 radical (unpaired) electrons. The van der Waals surface area contributed by atoms with Crippen LogP contribution in [0.25, 0.3) is 0 Å². The number of nitrogens with one attached hydrogen (secondary N) is 2. The van der Waals surface area contributed by atoms with Gasteiger partial charge in [0.15, 0.2) is 5.96 Å². The fourth-order valence-electron chi connectivity index (χ4n) is 3.03. The number of piperidine rings is 1. The highest BCUT2D eigenvalue weighted by Crippen LogP contribution is 2.20. The molecule has 0 aromatic carbocycles. The number of pyridine rings is 1. The number of rotatable bonds is 5. The van der Waals surface area contributed by atoms with Crippen LogP contribution in [0, 0.1) is 5.92 Å². The van der Waals surface area contributed by atoms with Gasteiger partial charge in [0.05, 0.1) is 12.2 Å². The largest absolute Gasteiger partial charge is 0.363 e. The third-order valence-electron chi connectivity index (χ3n) is 4.56. The van der Waals surface area contributed by atoms with Gasteiger partial charge in [0.2, 0.25) is 5.91 Å². The van der Waals surface area contributed by atoms with Crippen LogP contribution in [0.1, 0.15) is 25.0 Å². The van der Waals surface area contributed by atoms with Crippen molar-refractivity contribution in [3.05, 3.63) is 23.9 Å². The van der Waals surface area contributed by atoms with E-state index in [0.29, 0.717) is 18.9 Å². The van der Waals surface area contributed by atoms with Crippen molar-refractivity contribution in [2.45, 2.75) is 25.8 Å². The molecule has 0 unspecified atom stereocenters. The molecule has 1 saturated heterocycles. The monoisotopic (exact) mass is 474 g/mol. The quantitative estimate of drug-likeness (QED) is 0.386. The first-order chi connectivity index (χ1) is 12.0. The van der Waals surface area contributed by atoms with Gasteiger partial charge in [0.1, 0.15) is 5.82 Å². The Morgan fingerprint density at radius 2 is 2.04 bits per heavy atom. The van der Waals surface area contributed by atoms with Crippen LogP contribution in [-0.2, 0) is 11.3 Å². The Morgan fingerprint density at radius 1 is 1.35 bits per heavy atom. The predicted molar refractivity (Wildman–Crippen MR) is 117 cm³/mol. The molecule has 146 valence electrons. The molecule has 8 heteroatoms. The van der Waals surface area contributed by atoms with E-state index in [2.05, 4.69) is 25.5 Å². The number of hydrogen-bond acceptors (Lipinski definition) is 4. The highest BCUT2D eigenvalue weighted by molar-refractivity contribution is 14.0. The molecular formula is C18H31IN6O. The van der Waals surface area contributed by atoms with Crippen LogP contribution in [0.5, 0.6) is 0 Å². The maximum atomic E-state index is 11.5. The molecule has 7 nitrogen and oxygen atoms in total. The number of carbonyl (C=O) groups excluding carboxylic acids is 1. The van der Waals surface area contributed by atoms with Crippen LogP contribution in [0.2, 0.25) is 0 Å². The van der Waals surface area contributed by atoms with E-state index in [-0.39, 0.29) is 29.9 Å². The van der Waals surface area contributed by atoms with Crippen LogP contribution in [0.3, 0.4) is 0 Å². The maximum Gasteiger partial charge on any atom is 0.220 e. The van der Waals surface area contributed by atoms with Gasteiger partial charge in [-0.05, 0) is 30.9 Å². The maximum absolute atomic E-state index is 11.5. The topological polar surface area (TPSA) is 72.9 Å². The highest BCUT2D eigenvalue weighted by atomic mass is 127. The summed E-state index contributed by atoms with van der Waals surface area (Å²) < 4.78 is 0. The second-order valence-electron chi connectivity index (χ2n) is 6.59. The fourth-order valence-corrected chi connectivity index (χ4v) is 3.03. The van der Waals surface area contributed by atoms with Crippen molar-refractivity contribution in [3.63, 3.8) is 0 Å². The average molecular weight is 474 g/mol. The van der Waals surface area contributed by atoms with Gasteiger partial charge in [0.25, 0.3) is 0 Å². The molecule has 0 atom stereocenters. The van der Waals surface area contributed by atoms with E-state index >= 15 is 0 Å².